The van der Waals surface area contributed by atoms with E-state index in [0.29, 0.717) is 0 Å². The van der Waals surface area contributed by atoms with Gasteiger partial charge < -0.3 is 10.6 Å². The molecule has 17 heavy (non-hydrogen) atoms. The molecule has 0 amide bonds. The van der Waals surface area contributed by atoms with Gasteiger partial charge in [0.1, 0.15) is 0 Å². The summed E-state index contributed by atoms with van der Waals surface area (Å²) >= 11 is 3.67. The van der Waals surface area contributed by atoms with Crippen molar-refractivity contribution in [3.05, 3.63) is 28.2 Å². The third kappa shape index (κ3) is 2.66. The fourth-order valence-corrected chi connectivity index (χ4v) is 3.04. The highest BCUT2D eigenvalue weighted by Gasteiger charge is 2.27. The van der Waals surface area contributed by atoms with Gasteiger partial charge in [-0.1, -0.05) is 19.9 Å². The minimum atomic E-state index is 0.0942. The van der Waals surface area contributed by atoms with E-state index in [0.717, 1.165) is 29.4 Å². The summed E-state index contributed by atoms with van der Waals surface area (Å²) < 4.78 is 1.16. The van der Waals surface area contributed by atoms with E-state index in [2.05, 4.69) is 52.9 Å². The smallest absolute Gasteiger partial charge is 0.0511 e. The summed E-state index contributed by atoms with van der Waals surface area (Å²) in [5.74, 6) is 1.55. The summed E-state index contributed by atoms with van der Waals surface area (Å²) in [5.41, 5.74) is 8.37. The second-order valence-electron chi connectivity index (χ2n) is 5.36. The number of anilines is 1. The van der Waals surface area contributed by atoms with Crippen LogP contribution < -0.4 is 10.6 Å². The minimum Gasteiger partial charge on any atom is -0.370 e. The molecule has 1 aliphatic rings. The van der Waals surface area contributed by atoms with E-state index in [1.165, 1.54) is 11.3 Å². The topological polar surface area (TPSA) is 29.3 Å². The Balaban J connectivity index is 2.23. The van der Waals surface area contributed by atoms with Crippen molar-refractivity contribution < 1.29 is 0 Å². The van der Waals surface area contributed by atoms with Crippen LogP contribution in [0.25, 0.3) is 0 Å². The largest absolute Gasteiger partial charge is 0.370 e. The fourth-order valence-electron chi connectivity index (χ4n) is 2.39. The molecule has 1 heterocycles. The Kier molecular flexibility index (Phi) is 3.79. The first-order valence-electron chi connectivity index (χ1n) is 6.29. The molecule has 2 unspecified atom stereocenters. The predicted molar refractivity (Wildman–Crippen MR) is 77.3 cm³/mol. The van der Waals surface area contributed by atoms with Gasteiger partial charge in [-0.15, -0.1) is 0 Å². The van der Waals surface area contributed by atoms with Crippen LogP contribution in [0.2, 0.25) is 0 Å². The number of halogens is 1. The highest BCUT2D eigenvalue weighted by molar-refractivity contribution is 9.10. The van der Waals surface area contributed by atoms with Gasteiger partial charge in [-0.3, -0.25) is 0 Å². The first-order valence-corrected chi connectivity index (χ1v) is 7.08. The van der Waals surface area contributed by atoms with E-state index < -0.39 is 0 Å². The second kappa shape index (κ2) is 4.99. The molecular formula is C14H21BrN2. The van der Waals surface area contributed by atoms with Crippen LogP contribution in [-0.4, -0.2) is 13.1 Å². The van der Waals surface area contributed by atoms with Crippen molar-refractivity contribution in [1.29, 1.82) is 0 Å². The van der Waals surface area contributed by atoms with Gasteiger partial charge in [-0.25, -0.2) is 0 Å². The van der Waals surface area contributed by atoms with Crippen LogP contribution in [0.1, 0.15) is 32.4 Å². The molecule has 1 aliphatic heterocycles. The molecule has 94 valence electrons. The maximum Gasteiger partial charge on any atom is 0.0511 e. The lowest BCUT2D eigenvalue weighted by Gasteiger charge is -2.21. The van der Waals surface area contributed by atoms with Gasteiger partial charge in [-0.05, 0) is 52.4 Å². The Bertz CT molecular complexity index is 393. The second-order valence-corrected chi connectivity index (χ2v) is 6.21. The number of rotatable bonds is 2. The first kappa shape index (κ1) is 12.9. The molecule has 0 aromatic heterocycles. The van der Waals surface area contributed by atoms with Crippen LogP contribution in [-0.2, 0) is 0 Å². The van der Waals surface area contributed by atoms with Gasteiger partial charge in [0.15, 0.2) is 0 Å². The third-order valence-corrected chi connectivity index (χ3v) is 4.46. The first-order chi connectivity index (χ1) is 7.99. The maximum atomic E-state index is 5.90. The van der Waals surface area contributed by atoms with E-state index in [9.17, 15) is 0 Å². The van der Waals surface area contributed by atoms with Gasteiger partial charge in [0.2, 0.25) is 0 Å². The van der Waals surface area contributed by atoms with Gasteiger partial charge in [-0.2, -0.15) is 0 Å². The molecule has 2 rings (SSSR count). The lowest BCUT2D eigenvalue weighted by atomic mass is 10.0. The van der Waals surface area contributed by atoms with E-state index in [1.54, 1.807) is 0 Å². The van der Waals surface area contributed by atoms with E-state index >= 15 is 0 Å². The molecule has 2 nitrogen and oxygen atoms in total. The van der Waals surface area contributed by atoms with Crippen LogP contribution in [0.3, 0.4) is 0 Å². The number of nitrogens with zero attached hydrogens (tertiary/aromatic N) is 1. The van der Waals surface area contributed by atoms with Gasteiger partial charge in [0.25, 0.3) is 0 Å². The summed E-state index contributed by atoms with van der Waals surface area (Å²) in [4.78, 5) is 2.46. The van der Waals surface area contributed by atoms with Crippen molar-refractivity contribution in [2.75, 3.05) is 18.0 Å². The van der Waals surface area contributed by atoms with Crippen molar-refractivity contribution >= 4 is 21.6 Å². The molecule has 1 aromatic carbocycles. The highest BCUT2D eigenvalue weighted by atomic mass is 79.9. The standard InChI is InChI=1S/C14H21BrN2/c1-9-7-17(8-10(9)2)14-5-4-12(11(3)16)6-13(14)15/h4-6,9-11H,7-8,16H2,1-3H3/t9?,10?,11-/m0/s1. The van der Waals surface area contributed by atoms with E-state index in [1.807, 2.05) is 6.92 Å². The normalized spacial score (nSPS) is 26.3. The molecule has 0 aliphatic carbocycles. The van der Waals surface area contributed by atoms with Crippen LogP contribution >= 0.6 is 15.9 Å². The molecular weight excluding hydrogens is 276 g/mol. The van der Waals surface area contributed by atoms with Crippen LogP contribution in [0, 0.1) is 11.8 Å². The molecule has 3 atom stereocenters. The third-order valence-electron chi connectivity index (χ3n) is 3.83. The zero-order valence-electron chi connectivity index (χ0n) is 10.8. The lowest BCUT2D eigenvalue weighted by molar-refractivity contribution is 0.494. The zero-order chi connectivity index (χ0) is 12.6. The number of hydrogen-bond acceptors (Lipinski definition) is 2. The molecule has 1 fully saturated rings. The van der Waals surface area contributed by atoms with Crippen molar-refractivity contribution in [2.45, 2.75) is 26.8 Å². The SMILES string of the molecule is CC1CN(c2ccc([C@H](C)N)cc2Br)CC1C. The highest BCUT2D eigenvalue weighted by Crippen LogP contribution is 2.34. The summed E-state index contributed by atoms with van der Waals surface area (Å²) in [6.07, 6.45) is 0. The summed E-state index contributed by atoms with van der Waals surface area (Å²) in [5, 5.41) is 0. The lowest BCUT2D eigenvalue weighted by Crippen LogP contribution is -2.20. The van der Waals surface area contributed by atoms with Crippen molar-refractivity contribution in [3.8, 4) is 0 Å². The molecule has 0 spiro atoms. The molecule has 3 heteroatoms. The molecule has 0 saturated carbocycles. The maximum absolute atomic E-state index is 5.90. The minimum absolute atomic E-state index is 0.0942. The Morgan fingerprint density at radius 1 is 1.29 bits per heavy atom. The Morgan fingerprint density at radius 2 is 1.88 bits per heavy atom. The summed E-state index contributed by atoms with van der Waals surface area (Å²) in [7, 11) is 0. The number of hydrogen-bond donors (Lipinski definition) is 1. The van der Waals surface area contributed by atoms with Crippen LogP contribution in [0.5, 0.6) is 0 Å². The van der Waals surface area contributed by atoms with E-state index in [4.69, 9.17) is 5.73 Å². The fraction of sp³-hybridized carbons (Fsp3) is 0.571. The molecule has 0 bridgehead atoms. The van der Waals surface area contributed by atoms with Gasteiger partial charge in [0.05, 0.1) is 5.69 Å². The van der Waals surface area contributed by atoms with Crippen molar-refractivity contribution in [2.24, 2.45) is 17.6 Å². The van der Waals surface area contributed by atoms with Crippen LogP contribution in [0.4, 0.5) is 5.69 Å². The number of nitrogens with two attached hydrogens (primary N) is 1. The average molecular weight is 297 g/mol. The average Bonchev–Trinajstić information content (AvgIpc) is 2.58. The molecule has 1 saturated heterocycles. The summed E-state index contributed by atoms with van der Waals surface area (Å²) in [6, 6.07) is 6.57. The molecule has 1 aromatic rings. The molecule has 0 radical (unpaired) electrons. The zero-order valence-corrected chi connectivity index (χ0v) is 12.4. The van der Waals surface area contributed by atoms with Crippen molar-refractivity contribution in [1.82, 2.24) is 0 Å². The quantitative estimate of drug-likeness (QED) is 0.904. The van der Waals surface area contributed by atoms with Gasteiger partial charge in [0, 0.05) is 23.6 Å². The summed E-state index contributed by atoms with van der Waals surface area (Å²) in [6.45, 7) is 8.97. The molecule has 2 N–H and O–H groups in total. The van der Waals surface area contributed by atoms with Crippen LogP contribution in [0.15, 0.2) is 22.7 Å². The number of benzene rings is 1. The Labute approximate surface area is 112 Å². The Hall–Kier alpha value is -0.540. The Morgan fingerprint density at radius 3 is 2.35 bits per heavy atom. The monoisotopic (exact) mass is 296 g/mol. The van der Waals surface area contributed by atoms with E-state index in [-0.39, 0.29) is 6.04 Å². The van der Waals surface area contributed by atoms with Gasteiger partial charge >= 0.3 is 0 Å². The predicted octanol–water partition coefficient (Wildman–Crippen LogP) is 3.56. The van der Waals surface area contributed by atoms with Crippen molar-refractivity contribution in [3.63, 3.8) is 0 Å².